The molecule has 4 aliphatic carbocycles. The van der Waals surface area contributed by atoms with Gasteiger partial charge in [0, 0.05) is 5.41 Å². The van der Waals surface area contributed by atoms with Crippen LogP contribution in [-0.2, 0) is 12.0 Å². The number of nitrogens with zero attached hydrogens (tertiary/aromatic N) is 1. The first kappa shape index (κ1) is 10.1. The molecule has 4 saturated carbocycles. The van der Waals surface area contributed by atoms with Crippen molar-refractivity contribution in [3.05, 3.63) is 17.7 Å². The number of hydrogen-bond acceptors (Lipinski definition) is 2. The molecule has 2 N–H and O–H groups in total. The molecule has 4 bridgehead atoms. The monoisotopic (exact) mass is 232 g/mol. The number of hydrogen-bond donors (Lipinski definition) is 2. The molecule has 92 valence electrons. The number of aromatic nitrogens is 2. The van der Waals surface area contributed by atoms with Crippen LogP contribution in [0.3, 0.4) is 0 Å². The van der Waals surface area contributed by atoms with Crippen LogP contribution in [0.5, 0.6) is 0 Å². The molecule has 0 atom stereocenters. The zero-order chi connectivity index (χ0) is 11.5. The largest absolute Gasteiger partial charge is 0.390 e. The Labute approximate surface area is 102 Å². The highest BCUT2D eigenvalue weighted by Gasteiger charge is 2.52. The maximum Gasteiger partial charge on any atom is 0.112 e. The minimum absolute atomic E-state index is 0.0827. The topological polar surface area (TPSA) is 48.9 Å². The fraction of sp³-hybridized carbons (Fsp3) is 0.786. The number of aliphatic hydroxyl groups is 1. The van der Waals surface area contributed by atoms with E-state index in [9.17, 15) is 0 Å². The second-order valence-corrected chi connectivity index (χ2v) is 6.61. The van der Waals surface area contributed by atoms with Gasteiger partial charge in [-0.2, -0.15) is 0 Å². The highest BCUT2D eigenvalue weighted by Crippen LogP contribution is 2.60. The lowest BCUT2D eigenvalue weighted by atomic mass is 9.49. The average Bonchev–Trinajstić information content (AvgIpc) is 2.76. The first-order valence-electron chi connectivity index (χ1n) is 6.93. The zero-order valence-electron chi connectivity index (χ0n) is 10.2. The van der Waals surface area contributed by atoms with Crippen LogP contribution >= 0.6 is 0 Å². The van der Waals surface area contributed by atoms with Crippen LogP contribution in [0.15, 0.2) is 6.20 Å². The number of H-pyrrole nitrogens is 1. The van der Waals surface area contributed by atoms with E-state index in [4.69, 9.17) is 5.11 Å². The third kappa shape index (κ3) is 1.41. The van der Waals surface area contributed by atoms with Gasteiger partial charge in [0.05, 0.1) is 18.5 Å². The van der Waals surface area contributed by atoms with Gasteiger partial charge in [0.25, 0.3) is 0 Å². The Morgan fingerprint density at radius 2 is 1.76 bits per heavy atom. The van der Waals surface area contributed by atoms with Crippen molar-refractivity contribution in [1.29, 1.82) is 0 Å². The minimum Gasteiger partial charge on any atom is -0.390 e. The number of imidazole rings is 1. The zero-order valence-corrected chi connectivity index (χ0v) is 10.2. The van der Waals surface area contributed by atoms with Crippen molar-refractivity contribution >= 4 is 0 Å². The Bertz CT molecular complexity index is 402. The van der Waals surface area contributed by atoms with E-state index in [-0.39, 0.29) is 6.61 Å². The lowest BCUT2D eigenvalue weighted by molar-refractivity contribution is -0.00909. The molecule has 5 rings (SSSR count). The normalized spacial score (nSPS) is 43.2. The molecule has 4 aliphatic rings. The van der Waals surface area contributed by atoms with Crippen molar-refractivity contribution in [3.8, 4) is 0 Å². The van der Waals surface area contributed by atoms with Gasteiger partial charge in [-0.15, -0.1) is 0 Å². The maximum absolute atomic E-state index is 9.16. The van der Waals surface area contributed by atoms with Crippen LogP contribution in [-0.4, -0.2) is 15.1 Å². The van der Waals surface area contributed by atoms with Crippen LogP contribution in [0.4, 0.5) is 0 Å². The van der Waals surface area contributed by atoms with Gasteiger partial charge in [0.2, 0.25) is 0 Å². The van der Waals surface area contributed by atoms with Crippen molar-refractivity contribution in [2.75, 3.05) is 0 Å². The summed E-state index contributed by atoms with van der Waals surface area (Å²) >= 11 is 0. The average molecular weight is 232 g/mol. The highest BCUT2D eigenvalue weighted by atomic mass is 16.3. The molecule has 0 aromatic carbocycles. The van der Waals surface area contributed by atoms with Gasteiger partial charge >= 0.3 is 0 Å². The Morgan fingerprint density at radius 1 is 1.18 bits per heavy atom. The molecule has 4 fully saturated rings. The van der Waals surface area contributed by atoms with Crippen molar-refractivity contribution in [2.24, 2.45) is 17.8 Å². The molecule has 0 amide bonds. The molecule has 17 heavy (non-hydrogen) atoms. The second-order valence-electron chi connectivity index (χ2n) is 6.61. The summed E-state index contributed by atoms with van der Waals surface area (Å²) in [6.45, 7) is 0.0827. The van der Waals surface area contributed by atoms with Crippen LogP contribution in [0, 0.1) is 17.8 Å². The molecule has 3 heteroatoms. The van der Waals surface area contributed by atoms with Crippen molar-refractivity contribution in [1.82, 2.24) is 9.97 Å². The summed E-state index contributed by atoms with van der Waals surface area (Å²) < 4.78 is 0. The van der Waals surface area contributed by atoms with Crippen LogP contribution in [0.2, 0.25) is 0 Å². The Morgan fingerprint density at radius 3 is 2.24 bits per heavy atom. The molecule has 0 unspecified atom stereocenters. The fourth-order valence-electron chi connectivity index (χ4n) is 5.11. The van der Waals surface area contributed by atoms with Gasteiger partial charge in [-0.3, -0.25) is 0 Å². The molecule has 1 aromatic rings. The van der Waals surface area contributed by atoms with Gasteiger partial charge in [-0.05, 0) is 56.3 Å². The van der Waals surface area contributed by atoms with E-state index in [1.807, 2.05) is 6.20 Å². The van der Waals surface area contributed by atoms with Gasteiger partial charge in [0.15, 0.2) is 0 Å². The molecule has 0 radical (unpaired) electrons. The summed E-state index contributed by atoms with van der Waals surface area (Å²) in [5.41, 5.74) is 1.21. The number of aliphatic hydroxyl groups excluding tert-OH is 1. The molecule has 3 nitrogen and oxygen atoms in total. The molecule has 1 heterocycles. The number of nitrogens with one attached hydrogen (secondary N) is 1. The summed E-state index contributed by atoms with van der Waals surface area (Å²) in [5.74, 6) is 4.01. The van der Waals surface area contributed by atoms with Gasteiger partial charge < -0.3 is 10.1 Å². The lowest BCUT2D eigenvalue weighted by Gasteiger charge is -2.56. The van der Waals surface area contributed by atoms with E-state index in [0.29, 0.717) is 5.41 Å². The van der Waals surface area contributed by atoms with Gasteiger partial charge in [0.1, 0.15) is 5.82 Å². The number of rotatable bonds is 2. The van der Waals surface area contributed by atoms with E-state index >= 15 is 0 Å². The molecule has 0 saturated heterocycles. The SMILES string of the molecule is OCc1cnc(C23CC4CC(CC(C4)C2)C3)[nH]1. The van der Waals surface area contributed by atoms with Gasteiger partial charge in [-0.25, -0.2) is 4.98 Å². The summed E-state index contributed by atoms with van der Waals surface area (Å²) in [7, 11) is 0. The molecule has 1 aromatic heterocycles. The third-order valence-electron chi connectivity index (χ3n) is 5.34. The Kier molecular flexibility index (Phi) is 1.99. The van der Waals surface area contributed by atoms with Crippen molar-refractivity contribution in [3.63, 3.8) is 0 Å². The first-order chi connectivity index (χ1) is 8.27. The summed E-state index contributed by atoms with van der Waals surface area (Å²) in [4.78, 5) is 7.92. The smallest absolute Gasteiger partial charge is 0.112 e. The Balaban J connectivity index is 1.72. The summed E-state index contributed by atoms with van der Waals surface area (Å²) in [6, 6.07) is 0. The summed E-state index contributed by atoms with van der Waals surface area (Å²) in [5, 5.41) is 9.16. The molecular weight excluding hydrogens is 212 g/mol. The first-order valence-corrected chi connectivity index (χ1v) is 6.93. The van der Waals surface area contributed by atoms with E-state index in [1.165, 1.54) is 44.3 Å². The quantitative estimate of drug-likeness (QED) is 0.822. The molecule has 0 aliphatic heterocycles. The highest BCUT2D eigenvalue weighted by molar-refractivity contribution is 5.19. The lowest BCUT2D eigenvalue weighted by Crippen LogP contribution is -2.49. The van der Waals surface area contributed by atoms with Crippen molar-refractivity contribution < 1.29 is 5.11 Å². The van der Waals surface area contributed by atoms with E-state index in [2.05, 4.69) is 9.97 Å². The predicted molar refractivity (Wildman–Crippen MR) is 64.4 cm³/mol. The van der Waals surface area contributed by atoms with Crippen LogP contribution in [0.1, 0.15) is 50.0 Å². The fourth-order valence-corrected chi connectivity index (χ4v) is 5.11. The van der Waals surface area contributed by atoms with Gasteiger partial charge in [-0.1, -0.05) is 0 Å². The van der Waals surface area contributed by atoms with Crippen molar-refractivity contribution in [2.45, 2.75) is 50.5 Å². The maximum atomic E-state index is 9.16. The van der Waals surface area contributed by atoms with Crippen LogP contribution in [0.25, 0.3) is 0 Å². The third-order valence-corrected chi connectivity index (χ3v) is 5.34. The Hall–Kier alpha value is -0.830. The van der Waals surface area contributed by atoms with E-state index in [0.717, 1.165) is 23.4 Å². The van der Waals surface area contributed by atoms with Crippen LogP contribution < -0.4 is 0 Å². The standard InChI is InChI=1S/C14H20N2O/c17-8-12-7-15-13(16-12)14-4-9-1-10(5-14)3-11(2-9)6-14/h7,9-11,17H,1-6,8H2,(H,15,16). The predicted octanol–water partition coefficient (Wildman–Crippen LogP) is 2.37. The molecular formula is C14H20N2O. The van der Waals surface area contributed by atoms with E-state index in [1.54, 1.807) is 0 Å². The molecule has 0 spiro atoms. The second kappa shape index (κ2) is 3.35. The number of aromatic amines is 1. The minimum atomic E-state index is 0.0827. The van der Waals surface area contributed by atoms with E-state index < -0.39 is 0 Å². The summed E-state index contributed by atoms with van der Waals surface area (Å²) in [6.07, 6.45) is 10.2.